The van der Waals surface area contributed by atoms with Crippen molar-refractivity contribution in [1.82, 2.24) is 5.32 Å². The van der Waals surface area contributed by atoms with Gasteiger partial charge in [0.05, 0.1) is 17.7 Å². The largest absolute Gasteiger partial charge is 0.416 e. The smallest absolute Gasteiger partial charge is 0.396 e. The monoisotopic (exact) mass is 334 g/mol. The number of aryl methyl sites for hydroxylation is 1. The fraction of sp³-hybridized carbons (Fsp3) is 0.533. The van der Waals surface area contributed by atoms with E-state index in [4.69, 9.17) is 9.84 Å². The number of carbonyl (C=O) groups excluding carboxylic acids is 1. The molecule has 1 unspecified atom stereocenters. The van der Waals surface area contributed by atoms with Crippen LogP contribution in [0.1, 0.15) is 24.5 Å². The van der Waals surface area contributed by atoms with Gasteiger partial charge in [-0.3, -0.25) is 0 Å². The first kappa shape index (κ1) is 19.2. The summed E-state index contributed by atoms with van der Waals surface area (Å²) in [5.41, 5.74) is -1.10. The van der Waals surface area contributed by atoms with Crippen LogP contribution in [-0.4, -0.2) is 37.0 Å². The third-order valence-corrected chi connectivity index (χ3v) is 3.35. The number of benzene rings is 1. The van der Waals surface area contributed by atoms with E-state index in [1.165, 1.54) is 13.2 Å². The van der Waals surface area contributed by atoms with E-state index in [1.807, 2.05) is 0 Å². The lowest BCUT2D eigenvalue weighted by molar-refractivity contribution is -0.137. The molecular weight excluding hydrogens is 313 g/mol. The number of aliphatic hydroxyl groups is 1. The number of aliphatic hydroxyl groups excluding tert-OH is 1. The number of anilines is 1. The molecule has 130 valence electrons. The maximum absolute atomic E-state index is 12.7. The molecule has 3 N–H and O–H groups in total. The Kier molecular flexibility index (Phi) is 6.40. The molecule has 0 radical (unpaired) electrons. The predicted octanol–water partition coefficient (Wildman–Crippen LogP) is 2.92. The van der Waals surface area contributed by atoms with E-state index in [9.17, 15) is 18.0 Å². The van der Waals surface area contributed by atoms with E-state index in [1.54, 1.807) is 13.8 Å². The number of hydrogen-bond acceptors (Lipinski definition) is 3. The number of urea groups is 1. The first-order chi connectivity index (χ1) is 10.6. The summed E-state index contributed by atoms with van der Waals surface area (Å²) >= 11 is 0. The molecule has 0 bridgehead atoms. The minimum atomic E-state index is -4.48. The molecule has 1 rings (SSSR count). The fourth-order valence-electron chi connectivity index (χ4n) is 2.10. The molecule has 0 aliphatic carbocycles. The molecular formula is C15H21F3N2O3. The summed E-state index contributed by atoms with van der Waals surface area (Å²) < 4.78 is 43.2. The third kappa shape index (κ3) is 5.72. The summed E-state index contributed by atoms with van der Waals surface area (Å²) in [6.07, 6.45) is -4.24. The molecule has 0 fully saturated rings. The van der Waals surface area contributed by atoms with Gasteiger partial charge in [-0.2, -0.15) is 13.2 Å². The molecule has 8 heteroatoms. The average molecular weight is 334 g/mol. The number of alkyl halides is 3. The lowest BCUT2D eigenvalue weighted by Crippen LogP contribution is -2.51. The Morgan fingerprint density at radius 1 is 1.35 bits per heavy atom. The molecule has 0 saturated heterocycles. The zero-order valence-electron chi connectivity index (χ0n) is 13.3. The van der Waals surface area contributed by atoms with Crippen LogP contribution < -0.4 is 10.6 Å². The highest BCUT2D eigenvalue weighted by Crippen LogP contribution is 2.32. The Bertz CT molecular complexity index is 541. The number of carbonyl (C=O) groups is 1. The standard InChI is InChI=1S/C15H21F3N2O3/c1-10-4-5-11(15(16,17)18)8-12(10)19-13(22)20-14(2,6-7-21)9-23-3/h4-5,8,21H,6-7,9H2,1-3H3,(H2,19,20,22). The van der Waals surface area contributed by atoms with Gasteiger partial charge in [0.25, 0.3) is 0 Å². The highest BCUT2D eigenvalue weighted by atomic mass is 19.4. The van der Waals surface area contributed by atoms with Gasteiger partial charge in [-0.25, -0.2) is 4.79 Å². The molecule has 1 aromatic rings. The van der Waals surface area contributed by atoms with Gasteiger partial charge in [0.15, 0.2) is 0 Å². The summed E-state index contributed by atoms with van der Waals surface area (Å²) in [7, 11) is 1.45. The van der Waals surface area contributed by atoms with E-state index < -0.39 is 23.3 Å². The molecule has 0 saturated carbocycles. The van der Waals surface area contributed by atoms with Gasteiger partial charge >= 0.3 is 12.2 Å². The van der Waals surface area contributed by atoms with Gasteiger partial charge in [0.1, 0.15) is 0 Å². The molecule has 0 aliphatic rings. The van der Waals surface area contributed by atoms with Gasteiger partial charge in [-0.15, -0.1) is 0 Å². The Balaban J connectivity index is 2.88. The number of halogens is 3. The highest BCUT2D eigenvalue weighted by Gasteiger charge is 2.31. The number of amides is 2. The van der Waals surface area contributed by atoms with Crippen LogP contribution in [0.4, 0.5) is 23.7 Å². The van der Waals surface area contributed by atoms with Crippen LogP contribution >= 0.6 is 0 Å². The Morgan fingerprint density at radius 3 is 2.52 bits per heavy atom. The van der Waals surface area contributed by atoms with Crippen molar-refractivity contribution in [1.29, 1.82) is 0 Å². The summed E-state index contributed by atoms with van der Waals surface area (Å²) in [5.74, 6) is 0. The summed E-state index contributed by atoms with van der Waals surface area (Å²) in [6, 6.07) is 2.47. The van der Waals surface area contributed by atoms with Crippen LogP contribution in [-0.2, 0) is 10.9 Å². The van der Waals surface area contributed by atoms with Crippen LogP contribution in [0.3, 0.4) is 0 Å². The Hall–Kier alpha value is -1.80. The topological polar surface area (TPSA) is 70.6 Å². The second-order valence-corrected chi connectivity index (χ2v) is 5.57. The molecule has 0 spiro atoms. The van der Waals surface area contributed by atoms with E-state index in [-0.39, 0.29) is 25.3 Å². The third-order valence-electron chi connectivity index (χ3n) is 3.35. The molecule has 5 nitrogen and oxygen atoms in total. The average Bonchev–Trinajstić information content (AvgIpc) is 2.40. The molecule has 2 amide bonds. The minimum Gasteiger partial charge on any atom is -0.396 e. The molecule has 0 aliphatic heterocycles. The van der Waals surface area contributed by atoms with Crippen LogP contribution in [0, 0.1) is 6.92 Å². The molecule has 23 heavy (non-hydrogen) atoms. The van der Waals surface area contributed by atoms with Crippen molar-refractivity contribution in [2.45, 2.75) is 32.0 Å². The van der Waals surface area contributed by atoms with Crippen molar-refractivity contribution >= 4 is 11.7 Å². The number of methoxy groups -OCH3 is 1. The Labute approximate surface area is 132 Å². The maximum Gasteiger partial charge on any atom is 0.416 e. The summed E-state index contributed by atoms with van der Waals surface area (Å²) in [4.78, 5) is 12.1. The Morgan fingerprint density at radius 2 is 2.00 bits per heavy atom. The first-order valence-electron chi connectivity index (χ1n) is 6.98. The highest BCUT2D eigenvalue weighted by molar-refractivity contribution is 5.90. The van der Waals surface area contributed by atoms with E-state index in [0.29, 0.717) is 5.56 Å². The lowest BCUT2D eigenvalue weighted by Gasteiger charge is -2.29. The van der Waals surface area contributed by atoms with Gasteiger partial charge in [0, 0.05) is 19.4 Å². The lowest BCUT2D eigenvalue weighted by atomic mass is 10.00. The first-order valence-corrected chi connectivity index (χ1v) is 6.98. The zero-order chi connectivity index (χ0) is 17.7. The fourth-order valence-corrected chi connectivity index (χ4v) is 2.10. The van der Waals surface area contributed by atoms with E-state index in [0.717, 1.165) is 12.1 Å². The molecule has 1 atom stereocenters. The van der Waals surface area contributed by atoms with Crippen molar-refractivity contribution in [3.8, 4) is 0 Å². The number of rotatable bonds is 6. The predicted molar refractivity (Wildman–Crippen MR) is 80.3 cm³/mol. The van der Waals surface area contributed by atoms with E-state index in [2.05, 4.69) is 10.6 Å². The maximum atomic E-state index is 12.7. The quantitative estimate of drug-likeness (QED) is 0.749. The van der Waals surface area contributed by atoms with Gasteiger partial charge in [0.2, 0.25) is 0 Å². The zero-order valence-corrected chi connectivity index (χ0v) is 13.3. The minimum absolute atomic E-state index is 0.0705. The van der Waals surface area contributed by atoms with Crippen molar-refractivity contribution in [2.24, 2.45) is 0 Å². The number of ether oxygens (including phenoxy) is 1. The van der Waals surface area contributed by atoms with Crippen LogP contribution in [0.5, 0.6) is 0 Å². The second kappa shape index (κ2) is 7.65. The molecule has 1 aromatic carbocycles. The second-order valence-electron chi connectivity index (χ2n) is 5.57. The van der Waals surface area contributed by atoms with Crippen LogP contribution in [0.2, 0.25) is 0 Å². The SMILES string of the molecule is COCC(C)(CCO)NC(=O)Nc1cc(C(F)(F)F)ccc1C. The van der Waals surface area contributed by atoms with Crippen LogP contribution in [0.25, 0.3) is 0 Å². The summed E-state index contributed by atoms with van der Waals surface area (Å²) in [5, 5.41) is 14.1. The van der Waals surface area contributed by atoms with Crippen LogP contribution in [0.15, 0.2) is 18.2 Å². The molecule has 0 heterocycles. The molecule has 0 aromatic heterocycles. The van der Waals surface area contributed by atoms with Crippen molar-refractivity contribution in [2.75, 3.05) is 25.6 Å². The van der Waals surface area contributed by atoms with Crippen molar-refractivity contribution in [3.63, 3.8) is 0 Å². The van der Waals surface area contributed by atoms with Gasteiger partial charge < -0.3 is 20.5 Å². The number of hydrogen-bond donors (Lipinski definition) is 3. The van der Waals surface area contributed by atoms with Crippen molar-refractivity contribution in [3.05, 3.63) is 29.3 Å². The summed E-state index contributed by atoms with van der Waals surface area (Å²) in [6.45, 7) is 3.26. The van der Waals surface area contributed by atoms with Gasteiger partial charge in [-0.1, -0.05) is 6.07 Å². The van der Waals surface area contributed by atoms with Crippen molar-refractivity contribution < 1.29 is 27.8 Å². The normalized spacial score (nSPS) is 14.2. The number of nitrogens with one attached hydrogen (secondary N) is 2. The van der Waals surface area contributed by atoms with Gasteiger partial charge in [-0.05, 0) is 38.0 Å². The van der Waals surface area contributed by atoms with E-state index >= 15 is 0 Å².